The molecule has 0 bridgehead atoms. The Labute approximate surface area is 118 Å². The predicted molar refractivity (Wildman–Crippen MR) is 76.9 cm³/mol. The lowest BCUT2D eigenvalue weighted by Gasteiger charge is -2.11. The summed E-state index contributed by atoms with van der Waals surface area (Å²) < 4.78 is 19.5. The average molecular weight is 272 g/mol. The topological polar surface area (TPSA) is 26.3 Å². The Kier molecular flexibility index (Phi) is 4.18. The minimum Gasteiger partial charge on any atom is -0.493 e. The van der Waals surface area contributed by atoms with E-state index in [1.54, 1.807) is 44.2 Å². The second-order valence-corrected chi connectivity index (χ2v) is 4.70. The molecule has 0 aliphatic carbocycles. The zero-order chi connectivity index (χ0) is 14.7. The van der Waals surface area contributed by atoms with Crippen LogP contribution in [0.5, 0.6) is 5.75 Å². The van der Waals surface area contributed by atoms with Crippen LogP contribution in [0.15, 0.2) is 36.4 Å². The van der Waals surface area contributed by atoms with Crippen LogP contribution in [0.3, 0.4) is 0 Å². The van der Waals surface area contributed by atoms with Gasteiger partial charge < -0.3 is 4.74 Å². The van der Waals surface area contributed by atoms with Gasteiger partial charge in [-0.25, -0.2) is 4.39 Å². The van der Waals surface area contributed by atoms with E-state index in [2.05, 4.69) is 0 Å². The van der Waals surface area contributed by atoms with E-state index in [0.29, 0.717) is 23.5 Å². The highest BCUT2D eigenvalue weighted by atomic mass is 19.1. The van der Waals surface area contributed by atoms with Gasteiger partial charge in [0.1, 0.15) is 11.6 Å². The maximum absolute atomic E-state index is 14.1. The lowest BCUT2D eigenvalue weighted by molar-refractivity contribution is 0.103. The van der Waals surface area contributed by atoms with Crippen molar-refractivity contribution in [1.29, 1.82) is 0 Å². The molecule has 0 N–H and O–H groups in total. The maximum Gasteiger partial charge on any atom is 0.199 e. The second kappa shape index (κ2) is 5.87. The Morgan fingerprint density at radius 2 is 1.90 bits per heavy atom. The highest BCUT2D eigenvalue weighted by Crippen LogP contribution is 2.25. The quantitative estimate of drug-likeness (QED) is 0.784. The Bertz CT molecular complexity index is 624. The van der Waals surface area contributed by atoms with Crippen molar-refractivity contribution in [3.8, 4) is 5.75 Å². The van der Waals surface area contributed by atoms with Crippen LogP contribution in [-0.4, -0.2) is 12.4 Å². The number of halogens is 1. The van der Waals surface area contributed by atoms with Gasteiger partial charge in [0.25, 0.3) is 0 Å². The first-order valence-electron chi connectivity index (χ1n) is 6.58. The van der Waals surface area contributed by atoms with Gasteiger partial charge in [-0.05, 0) is 50.1 Å². The number of rotatable bonds is 4. The van der Waals surface area contributed by atoms with Gasteiger partial charge in [-0.15, -0.1) is 0 Å². The molecule has 2 aromatic rings. The number of ether oxygens (including phenoxy) is 1. The molecule has 0 aromatic heterocycles. The van der Waals surface area contributed by atoms with Gasteiger partial charge in [-0.1, -0.05) is 18.2 Å². The van der Waals surface area contributed by atoms with E-state index in [9.17, 15) is 9.18 Å². The Balaban J connectivity index is 2.52. The fourth-order valence-corrected chi connectivity index (χ4v) is 2.27. The fraction of sp³-hybridized carbons (Fsp3) is 0.235. The van der Waals surface area contributed by atoms with Gasteiger partial charge >= 0.3 is 0 Å². The first-order chi connectivity index (χ1) is 9.54. The summed E-state index contributed by atoms with van der Waals surface area (Å²) in [6.45, 7) is 5.85. The Morgan fingerprint density at radius 3 is 2.55 bits per heavy atom. The van der Waals surface area contributed by atoms with Crippen molar-refractivity contribution in [1.82, 2.24) is 0 Å². The minimum absolute atomic E-state index is 0.114. The van der Waals surface area contributed by atoms with E-state index < -0.39 is 5.82 Å². The van der Waals surface area contributed by atoms with E-state index >= 15 is 0 Å². The molecule has 0 saturated carbocycles. The molecule has 0 fully saturated rings. The van der Waals surface area contributed by atoms with Crippen molar-refractivity contribution in [3.63, 3.8) is 0 Å². The van der Waals surface area contributed by atoms with Crippen molar-refractivity contribution in [2.75, 3.05) is 6.61 Å². The highest BCUT2D eigenvalue weighted by Gasteiger charge is 2.20. The monoisotopic (exact) mass is 272 g/mol. The Morgan fingerprint density at radius 1 is 1.20 bits per heavy atom. The first-order valence-corrected chi connectivity index (χ1v) is 6.58. The van der Waals surface area contributed by atoms with Gasteiger partial charge in [0.05, 0.1) is 17.7 Å². The largest absolute Gasteiger partial charge is 0.493 e. The fourth-order valence-electron chi connectivity index (χ4n) is 2.27. The molecule has 0 aliphatic rings. The van der Waals surface area contributed by atoms with Gasteiger partial charge in [0.2, 0.25) is 0 Å². The molecular weight excluding hydrogens is 255 g/mol. The third-order valence-electron chi connectivity index (χ3n) is 3.09. The van der Waals surface area contributed by atoms with Gasteiger partial charge in [-0.3, -0.25) is 4.79 Å². The van der Waals surface area contributed by atoms with Crippen LogP contribution >= 0.6 is 0 Å². The van der Waals surface area contributed by atoms with E-state index in [-0.39, 0.29) is 11.3 Å². The van der Waals surface area contributed by atoms with Crippen LogP contribution in [0.2, 0.25) is 0 Å². The zero-order valence-electron chi connectivity index (χ0n) is 11.9. The van der Waals surface area contributed by atoms with E-state index in [1.165, 1.54) is 6.07 Å². The average Bonchev–Trinajstić information content (AvgIpc) is 2.38. The lowest BCUT2D eigenvalue weighted by atomic mass is 9.96. The molecule has 20 heavy (non-hydrogen) atoms. The van der Waals surface area contributed by atoms with Crippen molar-refractivity contribution in [2.24, 2.45) is 0 Å². The third-order valence-corrected chi connectivity index (χ3v) is 3.09. The van der Waals surface area contributed by atoms with Crippen LogP contribution in [0.25, 0.3) is 0 Å². The normalized spacial score (nSPS) is 10.4. The van der Waals surface area contributed by atoms with Gasteiger partial charge in [-0.2, -0.15) is 0 Å². The summed E-state index contributed by atoms with van der Waals surface area (Å²) in [5.41, 5.74) is 1.94. The summed E-state index contributed by atoms with van der Waals surface area (Å²) in [6.07, 6.45) is 0. The molecular formula is C17H17FO2. The molecule has 0 aliphatic heterocycles. The summed E-state index contributed by atoms with van der Waals surface area (Å²) in [4.78, 5) is 12.6. The number of para-hydroxylation sites is 1. The number of aryl methyl sites for hydroxylation is 2. The van der Waals surface area contributed by atoms with Crippen molar-refractivity contribution < 1.29 is 13.9 Å². The van der Waals surface area contributed by atoms with Crippen LogP contribution < -0.4 is 4.74 Å². The molecule has 0 heterocycles. The van der Waals surface area contributed by atoms with E-state index in [4.69, 9.17) is 4.74 Å². The molecule has 2 rings (SSSR count). The summed E-state index contributed by atoms with van der Waals surface area (Å²) >= 11 is 0. The summed E-state index contributed by atoms with van der Waals surface area (Å²) in [7, 11) is 0. The van der Waals surface area contributed by atoms with Crippen molar-refractivity contribution in [2.45, 2.75) is 20.8 Å². The molecule has 2 nitrogen and oxygen atoms in total. The molecule has 0 spiro atoms. The third kappa shape index (κ3) is 2.72. The van der Waals surface area contributed by atoms with Crippen molar-refractivity contribution >= 4 is 5.78 Å². The summed E-state index contributed by atoms with van der Waals surface area (Å²) in [5.74, 6) is -0.345. The van der Waals surface area contributed by atoms with Crippen LogP contribution in [0.4, 0.5) is 4.39 Å². The number of carbonyl (C=O) groups is 1. The molecule has 0 amide bonds. The molecule has 2 aromatic carbocycles. The standard InChI is InChI=1S/C17H17FO2/c1-4-20-15-8-6-5-7-13(15)17(19)16-12(3)9-11(2)10-14(16)18/h5-10H,4H2,1-3H3. The molecule has 3 heteroatoms. The zero-order valence-corrected chi connectivity index (χ0v) is 11.9. The highest BCUT2D eigenvalue weighted by molar-refractivity contribution is 6.11. The van der Waals surface area contributed by atoms with Crippen molar-refractivity contribution in [3.05, 3.63) is 64.5 Å². The molecule has 0 unspecified atom stereocenters. The van der Waals surface area contributed by atoms with Gasteiger partial charge in [0.15, 0.2) is 5.78 Å². The van der Waals surface area contributed by atoms with Gasteiger partial charge in [0, 0.05) is 0 Å². The second-order valence-electron chi connectivity index (χ2n) is 4.70. The number of ketones is 1. The number of hydrogen-bond donors (Lipinski definition) is 0. The lowest BCUT2D eigenvalue weighted by Crippen LogP contribution is -2.09. The number of carbonyl (C=O) groups excluding carboxylic acids is 1. The molecule has 104 valence electrons. The molecule has 0 radical (unpaired) electrons. The summed E-state index contributed by atoms with van der Waals surface area (Å²) in [5, 5.41) is 0. The first kappa shape index (κ1) is 14.3. The van der Waals surface area contributed by atoms with E-state index in [1.807, 2.05) is 6.92 Å². The van der Waals surface area contributed by atoms with Crippen LogP contribution in [0.1, 0.15) is 34.0 Å². The smallest absolute Gasteiger partial charge is 0.199 e. The summed E-state index contributed by atoms with van der Waals surface area (Å²) in [6, 6.07) is 10.1. The maximum atomic E-state index is 14.1. The van der Waals surface area contributed by atoms with E-state index in [0.717, 1.165) is 5.56 Å². The number of benzene rings is 2. The Hall–Kier alpha value is -2.16. The molecule has 0 atom stereocenters. The van der Waals surface area contributed by atoms with Crippen LogP contribution in [0, 0.1) is 19.7 Å². The predicted octanol–water partition coefficient (Wildman–Crippen LogP) is 4.07. The minimum atomic E-state index is -0.487. The molecule has 0 saturated heterocycles. The SMILES string of the molecule is CCOc1ccccc1C(=O)c1c(C)cc(C)cc1F. The number of hydrogen-bond acceptors (Lipinski definition) is 2. The van der Waals surface area contributed by atoms with Crippen LogP contribution in [-0.2, 0) is 0 Å².